The van der Waals surface area contributed by atoms with Crippen molar-refractivity contribution in [2.45, 2.75) is 65.7 Å². The van der Waals surface area contributed by atoms with E-state index in [1.165, 1.54) is 38.5 Å². The number of rotatable bonds is 0. The van der Waals surface area contributed by atoms with Gasteiger partial charge in [0.1, 0.15) is 0 Å². The number of esters is 1. The van der Waals surface area contributed by atoms with Crippen LogP contribution < -0.4 is 0 Å². The Labute approximate surface area is 129 Å². The van der Waals surface area contributed by atoms with E-state index in [0.717, 1.165) is 23.7 Å². The lowest BCUT2D eigenvalue weighted by Gasteiger charge is -2.59. The van der Waals surface area contributed by atoms with Crippen LogP contribution in [0.2, 0.25) is 0 Å². The standard InChI is InChI=1S/C19H30O2/c1-12-4-7-15-14-6-5-13-10-17(20)21-11-19(13,3)16(14)8-9-18(12,15)2/h12-16H,4-11H2,1-3H3/t12?,13?,14-,15-,16-,18+,19-/m0/s1. The van der Waals surface area contributed by atoms with Gasteiger partial charge in [-0.15, -0.1) is 0 Å². The second kappa shape index (κ2) is 4.49. The Morgan fingerprint density at radius 2 is 1.76 bits per heavy atom. The van der Waals surface area contributed by atoms with Gasteiger partial charge in [-0.25, -0.2) is 0 Å². The molecule has 0 radical (unpaired) electrons. The van der Waals surface area contributed by atoms with Crippen LogP contribution in [0.1, 0.15) is 65.7 Å². The highest BCUT2D eigenvalue weighted by Crippen LogP contribution is 2.66. The van der Waals surface area contributed by atoms with E-state index in [9.17, 15) is 4.79 Å². The first-order valence-corrected chi connectivity index (χ1v) is 9.11. The highest BCUT2D eigenvalue weighted by Gasteiger charge is 2.59. The zero-order valence-corrected chi connectivity index (χ0v) is 13.9. The summed E-state index contributed by atoms with van der Waals surface area (Å²) < 4.78 is 5.52. The molecule has 1 aliphatic heterocycles. The van der Waals surface area contributed by atoms with E-state index in [2.05, 4.69) is 20.8 Å². The van der Waals surface area contributed by atoms with Gasteiger partial charge in [0.25, 0.3) is 0 Å². The summed E-state index contributed by atoms with van der Waals surface area (Å²) in [6.45, 7) is 8.18. The maximum Gasteiger partial charge on any atom is 0.306 e. The molecule has 3 saturated carbocycles. The molecule has 0 aromatic rings. The summed E-state index contributed by atoms with van der Waals surface area (Å²) in [6, 6.07) is 0. The van der Waals surface area contributed by atoms with Crippen LogP contribution in [0.4, 0.5) is 0 Å². The largest absolute Gasteiger partial charge is 0.465 e. The number of carbonyl (C=O) groups excluding carboxylic acids is 1. The molecule has 4 aliphatic rings. The maximum absolute atomic E-state index is 11.7. The third kappa shape index (κ3) is 1.80. The van der Waals surface area contributed by atoms with Crippen molar-refractivity contribution >= 4 is 5.97 Å². The number of carbonyl (C=O) groups is 1. The van der Waals surface area contributed by atoms with E-state index < -0.39 is 0 Å². The topological polar surface area (TPSA) is 26.3 Å². The van der Waals surface area contributed by atoms with Crippen molar-refractivity contribution in [3.8, 4) is 0 Å². The summed E-state index contributed by atoms with van der Waals surface area (Å²) >= 11 is 0. The molecule has 2 nitrogen and oxygen atoms in total. The van der Waals surface area contributed by atoms with Gasteiger partial charge in [-0.2, -0.15) is 0 Å². The van der Waals surface area contributed by atoms with E-state index in [0.29, 0.717) is 24.4 Å². The quantitative estimate of drug-likeness (QED) is 0.617. The predicted molar refractivity (Wildman–Crippen MR) is 82.6 cm³/mol. The summed E-state index contributed by atoms with van der Waals surface area (Å²) in [5, 5.41) is 0. The number of fused-ring (bicyclic) bond motifs is 5. The molecule has 4 rings (SSSR count). The molecule has 2 heteroatoms. The van der Waals surface area contributed by atoms with Crippen LogP contribution >= 0.6 is 0 Å². The number of hydrogen-bond donors (Lipinski definition) is 0. The van der Waals surface area contributed by atoms with Crippen LogP contribution in [0, 0.1) is 40.4 Å². The Morgan fingerprint density at radius 1 is 1.00 bits per heavy atom. The molecular formula is C19H30O2. The van der Waals surface area contributed by atoms with Gasteiger partial charge >= 0.3 is 5.97 Å². The molecular weight excluding hydrogens is 260 g/mol. The number of hydrogen-bond acceptors (Lipinski definition) is 2. The Balaban J connectivity index is 1.64. The third-order valence-corrected chi connectivity index (χ3v) is 8.50. The van der Waals surface area contributed by atoms with Crippen molar-refractivity contribution in [1.82, 2.24) is 0 Å². The summed E-state index contributed by atoms with van der Waals surface area (Å²) in [5.41, 5.74) is 0.861. The molecule has 0 aromatic carbocycles. The lowest BCUT2D eigenvalue weighted by molar-refractivity contribution is -0.180. The fourth-order valence-corrected chi connectivity index (χ4v) is 6.85. The van der Waals surface area contributed by atoms with Gasteiger partial charge < -0.3 is 4.74 Å². The van der Waals surface area contributed by atoms with Crippen molar-refractivity contribution < 1.29 is 9.53 Å². The molecule has 3 aliphatic carbocycles. The molecule has 1 saturated heterocycles. The van der Waals surface area contributed by atoms with Crippen LogP contribution in [-0.4, -0.2) is 12.6 Å². The van der Waals surface area contributed by atoms with Gasteiger partial charge in [0, 0.05) is 11.8 Å². The fourth-order valence-electron chi connectivity index (χ4n) is 6.85. The lowest BCUT2D eigenvalue weighted by atomic mass is 9.46. The zero-order valence-electron chi connectivity index (χ0n) is 13.9. The highest BCUT2D eigenvalue weighted by molar-refractivity contribution is 5.70. The molecule has 2 unspecified atom stereocenters. The Hall–Kier alpha value is -0.530. The van der Waals surface area contributed by atoms with Crippen molar-refractivity contribution in [2.75, 3.05) is 6.61 Å². The van der Waals surface area contributed by atoms with Gasteiger partial charge in [-0.3, -0.25) is 4.79 Å². The molecule has 21 heavy (non-hydrogen) atoms. The van der Waals surface area contributed by atoms with Crippen molar-refractivity contribution in [1.29, 1.82) is 0 Å². The summed E-state index contributed by atoms with van der Waals surface area (Å²) in [7, 11) is 0. The monoisotopic (exact) mass is 290 g/mol. The van der Waals surface area contributed by atoms with E-state index in [1.54, 1.807) is 0 Å². The SMILES string of the molecule is CC1CC[C@H]2[C@@H]3CCC4CC(=O)OC[C@]4(C)[C@H]3CC[C@]12C. The Morgan fingerprint density at radius 3 is 2.57 bits per heavy atom. The average molecular weight is 290 g/mol. The first-order chi connectivity index (χ1) is 9.95. The minimum Gasteiger partial charge on any atom is -0.465 e. The predicted octanol–water partition coefficient (Wildman–Crippen LogP) is 4.43. The number of cyclic esters (lactones) is 1. The van der Waals surface area contributed by atoms with Gasteiger partial charge in [-0.1, -0.05) is 20.8 Å². The van der Waals surface area contributed by atoms with Crippen molar-refractivity contribution in [3.05, 3.63) is 0 Å². The van der Waals surface area contributed by atoms with Crippen LogP contribution in [0.5, 0.6) is 0 Å². The van der Waals surface area contributed by atoms with Crippen molar-refractivity contribution in [3.63, 3.8) is 0 Å². The smallest absolute Gasteiger partial charge is 0.306 e. The van der Waals surface area contributed by atoms with Crippen LogP contribution in [0.15, 0.2) is 0 Å². The van der Waals surface area contributed by atoms with Gasteiger partial charge in [0.15, 0.2) is 0 Å². The van der Waals surface area contributed by atoms with Gasteiger partial charge in [0.2, 0.25) is 0 Å². The Kier molecular flexibility index (Phi) is 3.01. The molecule has 4 fully saturated rings. The lowest BCUT2D eigenvalue weighted by Crippen LogP contribution is -2.55. The highest BCUT2D eigenvalue weighted by atomic mass is 16.5. The number of ether oxygens (including phenoxy) is 1. The minimum atomic E-state index is 0.0473. The van der Waals surface area contributed by atoms with Crippen LogP contribution in [-0.2, 0) is 9.53 Å². The fraction of sp³-hybridized carbons (Fsp3) is 0.947. The first kappa shape index (κ1) is 14.1. The summed E-state index contributed by atoms with van der Waals surface area (Å²) in [4.78, 5) is 11.7. The summed E-state index contributed by atoms with van der Waals surface area (Å²) in [5.74, 6) is 4.16. The van der Waals surface area contributed by atoms with E-state index in [-0.39, 0.29) is 11.4 Å². The second-order valence-corrected chi connectivity index (χ2v) is 9.04. The molecule has 7 atom stereocenters. The molecule has 1 heterocycles. The van der Waals surface area contributed by atoms with Crippen LogP contribution in [0.25, 0.3) is 0 Å². The molecule has 0 spiro atoms. The first-order valence-electron chi connectivity index (χ1n) is 9.11. The third-order valence-electron chi connectivity index (χ3n) is 8.50. The molecule has 0 amide bonds. The second-order valence-electron chi connectivity index (χ2n) is 9.04. The van der Waals surface area contributed by atoms with E-state index >= 15 is 0 Å². The zero-order chi connectivity index (χ0) is 14.8. The molecule has 0 aromatic heterocycles. The molecule has 0 N–H and O–H groups in total. The summed E-state index contributed by atoms with van der Waals surface area (Å²) in [6.07, 6.45) is 8.94. The van der Waals surface area contributed by atoms with Gasteiger partial charge in [0.05, 0.1) is 6.61 Å². The molecule has 118 valence electrons. The Bertz CT molecular complexity index is 458. The molecule has 0 bridgehead atoms. The van der Waals surface area contributed by atoms with E-state index in [1.807, 2.05) is 0 Å². The van der Waals surface area contributed by atoms with E-state index in [4.69, 9.17) is 4.74 Å². The normalized spacial score (nSPS) is 56.1. The average Bonchev–Trinajstić information content (AvgIpc) is 2.76. The minimum absolute atomic E-state index is 0.0473. The maximum atomic E-state index is 11.7. The van der Waals surface area contributed by atoms with Crippen LogP contribution in [0.3, 0.4) is 0 Å². The van der Waals surface area contributed by atoms with Gasteiger partial charge in [-0.05, 0) is 73.5 Å². The van der Waals surface area contributed by atoms with Crippen molar-refractivity contribution in [2.24, 2.45) is 40.4 Å².